The summed E-state index contributed by atoms with van der Waals surface area (Å²) in [6.07, 6.45) is 0. The van der Waals surface area contributed by atoms with Crippen molar-refractivity contribution in [2.45, 2.75) is 3.79 Å². The van der Waals surface area contributed by atoms with Crippen molar-refractivity contribution in [3.63, 3.8) is 0 Å². The van der Waals surface area contributed by atoms with E-state index >= 15 is 0 Å². The largest absolute Gasteiger partial charge is 0.488 e. The van der Waals surface area contributed by atoms with Gasteiger partial charge >= 0.3 is 7.12 Å². The summed E-state index contributed by atoms with van der Waals surface area (Å²) in [5.74, 6) is 0. The molecule has 0 aliphatic rings. The summed E-state index contributed by atoms with van der Waals surface area (Å²) >= 11 is 16.8. The number of alkyl halides is 3. The van der Waals surface area contributed by atoms with Crippen molar-refractivity contribution in [2.24, 2.45) is 0 Å². The molecule has 0 bridgehead atoms. The fraction of sp³-hybridized carbons (Fsp3) is 0.143. The molecule has 0 amide bonds. The molecule has 0 radical (unpaired) electrons. The Morgan fingerprint density at radius 2 is 1.46 bits per heavy atom. The highest BCUT2D eigenvalue weighted by molar-refractivity contribution is 6.66. The van der Waals surface area contributed by atoms with Crippen LogP contribution >= 0.6 is 34.8 Å². The quantitative estimate of drug-likeness (QED) is 0.571. The topological polar surface area (TPSA) is 40.5 Å². The highest BCUT2D eigenvalue weighted by Crippen LogP contribution is 2.37. The first kappa shape index (κ1) is 11.2. The Morgan fingerprint density at radius 1 is 1.00 bits per heavy atom. The molecule has 70 valence electrons. The molecule has 13 heavy (non-hydrogen) atoms. The first-order chi connectivity index (χ1) is 5.91. The zero-order chi connectivity index (χ0) is 10.1. The third kappa shape index (κ3) is 3.04. The van der Waals surface area contributed by atoms with Gasteiger partial charge in [-0.3, -0.25) is 0 Å². The summed E-state index contributed by atoms with van der Waals surface area (Å²) < 4.78 is -1.47. The van der Waals surface area contributed by atoms with E-state index in [9.17, 15) is 0 Å². The van der Waals surface area contributed by atoms with Gasteiger partial charge in [0.05, 0.1) is 0 Å². The Hall–Kier alpha value is 0.0749. The van der Waals surface area contributed by atoms with E-state index in [0.717, 1.165) is 0 Å². The summed E-state index contributed by atoms with van der Waals surface area (Å²) in [4.78, 5) is 0. The van der Waals surface area contributed by atoms with Crippen molar-refractivity contribution in [2.75, 3.05) is 0 Å². The Kier molecular flexibility index (Phi) is 3.49. The van der Waals surface area contributed by atoms with Crippen LogP contribution in [0.4, 0.5) is 0 Å². The maximum atomic E-state index is 8.77. The summed E-state index contributed by atoms with van der Waals surface area (Å²) in [6, 6.07) is 6.04. The standard InChI is InChI=1S/C7H6BCl3O2/c9-7(10,11)5-1-3-6(4-2-5)8(12)13/h1-4,12-13H. The lowest BCUT2D eigenvalue weighted by Gasteiger charge is -2.11. The Morgan fingerprint density at radius 3 is 1.77 bits per heavy atom. The molecule has 2 nitrogen and oxygen atoms in total. The van der Waals surface area contributed by atoms with E-state index in [1.54, 1.807) is 0 Å². The second-order valence-corrected chi connectivity index (χ2v) is 4.77. The molecule has 0 atom stereocenters. The molecule has 2 N–H and O–H groups in total. The number of hydrogen-bond acceptors (Lipinski definition) is 2. The first-order valence-electron chi connectivity index (χ1n) is 3.44. The van der Waals surface area contributed by atoms with Gasteiger partial charge in [0.25, 0.3) is 0 Å². The van der Waals surface area contributed by atoms with Crippen molar-refractivity contribution in [3.8, 4) is 0 Å². The van der Waals surface area contributed by atoms with Crippen molar-refractivity contribution in [1.82, 2.24) is 0 Å². The molecule has 0 fully saturated rings. The summed E-state index contributed by atoms with van der Waals surface area (Å²) in [6.45, 7) is 0. The number of hydrogen-bond donors (Lipinski definition) is 2. The minimum Gasteiger partial charge on any atom is -0.423 e. The second kappa shape index (κ2) is 4.07. The van der Waals surface area contributed by atoms with Gasteiger partial charge in [0.2, 0.25) is 3.79 Å². The molecular weight excluding hydrogens is 233 g/mol. The highest BCUT2D eigenvalue weighted by atomic mass is 35.6. The Labute approximate surface area is 91.2 Å². The maximum absolute atomic E-state index is 8.77. The van der Waals surface area contributed by atoms with E-state index in [-0.39, 0.29) is 0 Å². The van der Waals surface area contributed by atoms with Gasteiger partial charge in [-0.05, 0) is 5.46 Å². The smallest absolute Gasteiger partial charge is 0.423 e. The molecule has 0 unspecified atom stereocenters. The van der Waals surface area contributed by atoms with Gasteiger partial charge in [-0.25, -0.2) is 0 Å². The van der Waals surface area contributed by atoms with E-state index < -0.39 is 10.9 Å². The lowest BCUT2D eigenvalue weighted by atomic mass is 9.80. The van der Waals surface area contributed by atoms with Gasteiger partial charge in [0, 0.05) is 5.56 Å². The molecule has 6 heteroatoms. The van der Waals surface area contributed by atoms with Crippen LogP contribution in [0.3, 0.4) is 0 Å². The fourth-order valence-electron chi connectivity index (χ4n) is 0.844. The van der Waals surface area contributed by atoms with Gasteiger partial charge in [-0.2, -0.15) is 0 Å². The molecule has 1 aromatic rings. The van der Waals surface area contributed by atoms with Crippen LogP contribution < -0.4 is 5.46 Å². The molecule has 1 aromatic carbocycles. The van der Waals surface area contributed by atoms with Crippen molar-refractivity contribution >= 4 is 47.4 Å². The van der Waals surface area contributed by atoms with Crippen molar-refractivity contribution in [3.05, 3.63) is 29.8 Å². The van der Waals surface area contributed by atoms with Gasteiger partial charge in [-0.15, -0.1) is 0 Å². The van der Waals surface area contributed by atoms with Crippen LogP contribution in [-0.4, -0.2) is 17.2 Å². The third-order valence-electron chi connectivity index (χ3n) is 1.54. The van der Waals surface area contributed by atoms with E-state index in [1.165, 1.54) is 24.3 Å². The summed E-state index contributed by atoms with van der Waals surface area (Å²) in [5.41, 5.74) is 0.847. The Bertz CT molecular complexity index is 281. The fourth-order valence-corrected chi connectivity index (χ4v) is 1.22. The molecule has 0 spiro atoms. The van der Waals surface area contributed by atoms with E-state index in [1.807, 2.05) is 0 Å². The van der Waals surface area contributed by atoms with Crippen LogP contribution in [-0.2, 0) is 3.79 Å². The summed E-state index contributed by atoms with van der Waals surface area (Å²) in [5, 5.41) is 17.5. The molecule has 0 aliphatic carbocycles. The minimum absolute atomic E-state index is 0.359. The lowest BCUT2D eigenvalue weighted by molar-refractivity contribution is 0.426. The molecule has 0 aliphatic heterocycles. The number of halogens is 3. The normalized spacial score (nSPS) is 11.5. The molecule has 0 saturated carbocycles. The van der Waals surface area contributed by atoms with Crippen LogP contribution in [0, 0.1) is 0 Å². The van der Waals surface area contributed by atoms with Gasteiger partial charge in [-0.1, -0.05) is 59.1 Å². The van der Waals surface area contributed by atoms with Gasteiger partial charge in [0.15, 0.2) is 0 Å². The molecule has 1 rings (SSSR count). The predicted molar refractivity (Wildman–Crippen MR) is 55.5 cm³/mol. The van der Waals surface area contributed by atoms with Crippen LogP contribution in [0.5, 0.6) is 0 Å². The van der Waals surface area contributed by atoms with Crippen LogP contribution in [0.15, 0.2) is 24.3 Å². The first-order valence-corrected chi connectivity index (χ1v) is 4.58. The maximum Gasteiger partial charge on any atom is 0.488 e. The van der Waals surface area contributed by atoms with Crippen LogP contribution in [0.2, 0.25) is 0 Å². The van der Waals surface area contributed by atoms with Gasteiger partial charge < -0.3 is 10.0 Å². The van der Waals surface area contributed by atoms with Crippen molar-refractivity contribution < 1.29 is 10.0 Å². The zero-order valence-electron chi connectivity index (χ0n) is 6.42. The highest BCUT2D eigenvalue weighted by Gasteiger charge is 2.22. The third-order valence-corrected chi connectivity index (χ3v) is 2.19. The lowest BCUT2D eigenvalue weighted by Crippen LogP contribution is -2.29. The Balaban J connectivity index is 2.94. The number of benzene rings is 1. The molecular formula is C7H6BCl3O2. The average molecular weight is 239 g/mol. The van der Waals surface area contributed by atoms with E-state index in [2.05, 4.69) is 0 Å². The van der Waals surface area contributed by atoms with Crippen LogP contribution in [0.1, 0.15) is 5.56 Å². The average Bonchev–Trinajstić information content (AvgIpc) is 2.03. The van der Waals surface area contributed by atoms with E-state index in [0.29, 0.717) is 11.0 Å². The predicted octanol–water partition coefficient (Wildman–Crippen LogP) is 1.19. The van der Waals surface area contributed by atoms with Crippen LogP contribution in [0.25, 0.3) is 0 Å². The molecule has 0 aromatic heterocycles. The zero-order valence-corrected chi connectivity index (χ0v) is 8.68. The van der Waals surface area contributed by atoms with E-state index in [4.69, 9.17) is 44.9 Å². The van der Waals surface area contributed by atoms with Gasteiger partial charge in [0.1, 0.15) is 0 Å². The number of rotatable bonds is 1. The minimum atomic E-state index is -1.50. The summed E-state index contributed by atoms with van der Waals surface area (Å²) in [7, 11) is -1.50. The molecule has 0 saturated heterocycles. The monoisotopic (exact) mass is 238 g/mol. The SMILES string of the molecule is OB(O)c1ccc(C(Cl)(Cl)Cl)cc1. The van der Waals surface area contributed by atoms with Crippen molar-refractivity contribution in [1.29, 1.82) is 0 Å². The molecule has 0 heterocycles. The second-order valence-electron chi connectivity index (χ2n) is 2.49.